The van der Waals surface area contributed by atoms with Gasteiger partial charge in [0.05, 0.1) is 12.0 Å². The number of thiophene rings is 1. The van der Waals surface area contributed by atoms with E-state index in [4.69, 9.17) is 4.74 Å². The zero-order valence-electron chi connectivity index (χ0n) is 13.6. The topological polar surface area (TPSA) is 54.4 Å². The van der Waals surface area contributed by atoms with E-state index in [0.717, 1.165) is 53.8 Å². The minimum absolute atomic E-state index is 0.649. The summed E-state index contributed by atoms with van der Waals surface area (Å²) in [4.78, 5) is 19.0. The van der Waals surface area contributed by atoms with Gasteiger partial charge >= 0.3 is 0 Å². The van der Waals surface area contributed by atoms with Crippen LogP contribution >= 0.6 is 11.3 Å². The molecule has 4 rings (SSSR count). The number of hydrogen-bond acceptors (Lipinski definition) is 7. The van der Waals surface area contributed by atoms with E-state index in [1.165, 1.54) is 0 Å². The summed E-state index contributed by atoms with van der Waals surface area (Å²) in [6.45, 7) is 6.25. The third kappa shape index (κ3) is 2.75. The van der Waals surface area contributed by atoms with Crippen LogP contribution in [0.1, 0.15) is 6.92 Å². The quantitative estimate of drug-likeness (QED) is 0.727. The normalized spacial score (nSPS) is 15.0. The first-order valence-corrected chi connectivity index (χ1v) is 9.00. The molecule has 0 N–H and O–H groups in total. The van der Waals surface area contributed by atoms with Gasteiger partial charge in [-0.05, 0) is 30.5 Å². The van der Waals surface area contributed by atoms with Crippen LogP contribution in [-0.2, 0) is 0 Å². The van der Waals surface area contributed by atoms with E-state index in [9.17, 15) is 0 Å². The van der Waals surface area contributed by atoms with Gasteiger partial charge in [-0.3, -0.25) is 0 Å². The predicted octanol–water partition coefficient (Wildman–Crippen LogP) is 2.81. The molecule has 6 nitrogen and oxygen atoms in total. The first-order chi connectivity index (χ1) is 11.9. The summed E-state index contributed by atoms with van der Waals surface area (Å²) in [6, 6.07) is 6.00. The van der Waals surface area contributed by atoms with Crippen molar-refractivity contribution in [2.45, 2.75) is 6.92 Å². The lowest BCUT2D eigenvalue weighted by Gasteiger charge is -2.36. The molecule has 3 aromatic heterocycles. The number of pyridine rings is 1. The highest BCUT2D eigenvalue weighted by Gasteiger charge is 2.22. The zero-order valence-corrected chi connectivity index (χ0v) is 14.4. The number of ether oxygens (including phenoxy) is 1. The Balaban J connectivity index is 1.52. The Bertz CT molecular complexity index is 828. The maximum atomic E-state index is 5.71. The van der Waals surface area contributed by atoms with Crippen molar-refractivity contribution in [1.29, 1.82) is 0 Å². The molecule has 1 aliphatic rings. The molecule has 0 amide bonds. The lowest BCUT2D eigenvalue weighted by molar-refractivity contribution is 0.338. The lowest BCUT2D eigenvalue weighted by Crippen LogP contribution is -2.47. The second-order valence-electron chi connectivity index (χ2n) is 5.57. The molecule has 0 aromatic carbocycles. The fraction of sp³-hybridized carbons (Fsp3) is 0.353. The standard InChI is InChI=1S/C17H19N5OS/c1-2-23-14-4-3-6-18-16(14)22-9-7-21(8-10-22)15-13-5-11-24-17(13)20-12-19-15/h3-6,11-12H,2,7-10H2,1H3. The van der Waals surface area contributed by atoms with E-state index in [2.05, 4.69) is 36.2 Å². The van der Waals surface area contributed by atoms with Crippen molar-refractivity contribution in [2.24, 2.45) is 0 Å². The van der Waals surface area contributed by atoms with E-state index < -0.39 is 0 Å². The Kier molecular flexibility index (Phi) is 4.17. The van der Waals surface area contributed by atoms with Gasteiger partial charge in [-0.15, -0.1) is 11.3 Å². The van der Waals surface area contributed by atoms with Crippen molar-refractivity contribution in [3.8, 4) is 5.75 Å². The predicted molar refractivity (Wildman–Crippen MR) is 97.2 cm³/mol. The number of nitrogens with zero attached hydrogens (tertiary/aromatic N) is 5. The van der Waals surface area contributed by atoms with Gasteiger partial charge in [0.1, 0.15) is 17.0 Å². The van der Waals surface area contributed by atoms with E-state index in [1.807, 2.05) is 25.3 Å². The first kappa shape index (κ1) is 15.1. The highest BCUT2D eigenvalue weighted by molar-refractivity contribution is 7.16. The van der Waals surface area contributed by atoms with Crippen LogP contribution < -0.4 is 14.5 Å². The van der Waals surface area contributed by atoms with Crippen LogP contribution in [0, 0.1) is 0 Å². The number of rotatable bonds is 4. The molecule has 3 aromatic rings. The van der Waals surface area contributed by atoms with Crippen LogP contribution in [-0.4, -0.2) is 47.7 Å². The Morgan fingerprint density at radius 2 is 1.83 bits per heavy atom. The van der Waals surface area contributed by atoms with Crippen LogP contribution in [0.25, 0.3) is 10.2 Å². The Morgan fingerprint density at radius 3 is 2.62 bits per heavy atom. The van der Waals surface area contributed by atoms with Crippen LogP contribution in [0.15, 0.2) is 36.1 Å². The molecule has 0 radical (unpaired) electrons. The Morgan fingerprint density at radius 1 is 1.04 bits per heavy atom. The van der Waals surface area contributed by atoms with Gasteiger partial charge in [-0.2, -0.15) is 0 Å². The molecule has 4 heterocycles. The summed E-state index contributed by atoms with van der Waals surface area (Å²) in [7, 11) is 0. The van der Waals surface area contributed by atoms with Gasteiger partial charge in [-0.1, -0.05) is 0 Å². The summed E-state index contributed by atoms with van der Waals surface area (Å²) < 4.78 is 5.71. The van der Waals surface area contributed by atoms with Gasteiger partial charge in [0.15, 0.2) is 11.6 Å². The van der Waals surface area contributed by atoms with Gasteiger partial charge in [0.25, 0.3) is 0 Å². The summed E-state index contributed by atoms with van der Waals surface area (Å²) in [6.07, 6.45) is 3.48. The number of fused-ring (bicyclic) bond motifs is 1. The van der Waals surface area contributed by atoms with Crippen LogP contribution in [0.2, 0.25) is 0 Å². The van der Waals surface area contributed by atoms with Crippen molar-refractivity contribution >= 4 is 33.2 Å². The van der Waals surface area contributed by atoms with Gasteiger partial charge in [-0.25, -0.2) is 15.0 Å². The average Bonchev–Trinajstić information content (AvgIpc) is 3.11. The first-order valence-electron chi connectivity index (χ1n) is 8.12. The average molecular weight is 341 g/mol. The molecular formula is C17H19N5OS. The highest BCUT2D eigenvalue weighted by Crippen LogP contribution is 2.30. The minimum atomic E-state index is 0.649. The van der Waals surface area contributed by atoms with E-state index in [-0.39, 0.29) is 0 Å². The van der Waals surface area contributed by atoms with Crippen LogP contribution in [0.3, 0.4) is 0 Å². The summed E-state index contributed by atoms with van der Waals surface area (Å²) >= 11 is 1.66. The van der Waals surface area contributed by atoms with Crippen LogP contribution in [0.4, 0.5) is 11.6 Å². The fourth-order valence-electron chi connectivity index (χ4n) is 3.05. The molecule has 1 fully saturated rings. The smallest absolute Gasteiger partial charge is 0.171 e. The van der Waals surface area contributed by atoms with E-state index in [0.29, 0.717) is 6.61 Å². The molecule has 1 saturated heterocycles. The Hall–Kier alpha value is -2.41. The highest BCUT2D eigenvalue weighted by atomic mass is 32.1. The maximum Gasteiger partial charge on any atom is 0.171 e. The number of aromatic nitrogens is 3. The molecule has 7 heteroatoms. The number of piperazine rings is 1. The van der Waals surface area contributed by atoms with Crippen molar-refractivity contribution in [1.82, 2.24) is 15.0 Å². The second kappa shape index (κ2) is 6.60. The molecule has 0 aliphatic carbocycles. The summed E-state index contributed by atoms with van der Waals surface area (Å²) in [5, 5.41) is 3.21. The fourth-order valence-corrected chi connectivity index (χ4v) is 3.77. The molecule has 0 unspecified atom stereocenters. The van der Waals surface area contributed by atoms with Gasteiger partial charge in [0, 0.05) is 32.4 Å². The lowest BCUT2D eigenvalue weighted by atomic mass is 10.2. The molecule has 0 spiro atoms. The van der Waals surface area contributed by atoms with Crippen molar-refractivity contribution in [2.75, 3.05) is 42.6 Å². The molecule has 124 valence electrons. The third-order valence-corrected chi connectivity index (χ3v) is 4.99. The van der Waals surface area contributed by atoms with E-state index >= 15 is 0 Å². The summed E-state index contributed by atoms with van der Waals surface area (Å²) in [5.74, 6) is 2.82. The number of anilines is 2. The molecule has 0 atom stereocenters. The molecule has 24 heavy (non-hydrogen) atoms. The SMILES string of the molecule is CCOc1cccnc1N1CCN(c2ncnc3sccc23)CC1. The molecular weight excluding hydrogens is 322 g/mol. The monoisotopic (exact) mass is 341 g/mol. The van der Waals surface area contributed by atoms with Crippen molar-refractivity contribution < 1.29 is 4.74 Å². The number of hydrogen-bond donors (Lipinski definition) is 0. The summed E-state index contributed by atoms with van der Waals surface area (Å²) in [5.41, 5.74) is 0. The minimum Gasteiger partial charge on any atom is -0.490 e. The molecule has 0 saturated carbocycles. The maximum absolute atomic E-state index is 5.71. The zero-order chi connectivity index (χ0) is 16.4. The van der Waals surface area contributed by atoms with Crippen LogP contribution in [0.5, 0.6) is 5.75 Å². The second-order valence-corrected chi connectivity index (χ2v) is 6.46. The van der Waals surface area contributed by atoms with Crippen molar-refractivity contribution in [3.05, 3.63) is 36.1 Å². The van der Waals surface area contributed by atoms with E-state index in [1.54, 1.807) is 17.7 Å². The van der Waals surface area contributed by atoms with Crippen molar-refractivity contribution in [3.63, 3.8) is 0 Å². The molecule has 0 bridgehead atoms. The van der Waals surface area contributed by atoms with Gasteiger partial charge < -0.3 is 14.5 Å². The largest absolute Gasteiger partial charge is 0.490 e. The Labute approximate surface area is 144 Å². The third-order valence-electron chi connectivity index (χ3n) is 4.17. The van der Waals surface area contributed by atoms with Gasteiger partial charge in [0.2, 0.25) is 0 Å². The molecule has 1 aliphatic heterocycles.